The van der Waals surface area contributed by atoms with Crippen LogP contribution >= 0.6 is 0 Å². The summed E-state index contributed by atoms with van der Waals surface area (Å²) in [7, 11) is -0.459. The number of hydrogen-bond donors (Lipinski definition) is 0. The van der Waals surface area contributed by atoms with Crippen molar-refractivity contribution in [1.82, 2.24) is 0 Å². The largest absolute Gasteiger partial charge is 0.464 e. The van der Waals surface area contributed by atoms with Gasteiger partial charge in [-0.05, 0) is 18.9 Å². The van der Waals surface area contributed by atoms with Crippen LogP contribution in [-0.2, 0) is 14.3 Å². The Hall–Kier alpha value is -0.613. The SMILES string of the molecule is C=CC(=O)OC(CCCC)[SiH2]C(C)COCC. The van der Waals surface area contributed by atoms with Gasteiger partial charge in [0.25, 0.3) is 0 Å². The van der Waals surface area contributed by atoms with E-state index in [1.165, 1.54) is 6.08 Å². The van der Waals surface area contributed by atoms with Gasteiger partial charge in [-0.3, -0.25) is 0 Å². The van der Waals surface area contributed by atoms with Gasteiger partial charge in [0.05, 0.1) is 15.2 Å². The van der Waals surface area contributed by atoms with E-state index in [0.717, 1.165) is 32.5 Å². The lowest BCUT2D eigenvalue weighted by atomic mass is 10.3. The fraction of sp³-hybridized carbons (Fsp3) is 0.769. The van der Waals surface area contributed by atoms with Gasteiger partial charge in [0, 0.05) is 19.3 Å². The summed E-state index contributed by atoms with van der Waals surface area (Å²) in [6.45, 7) is 11.3. The maximum Gasteiger partial charge on any atom is 0.330 e. The third-order valence-corrected chi connectivity index (χ3v) is 4.74. The molecule has 0 rings (SSSR count). The predicted molar refractivity (Wildman–Crippen MR) is 74.1 cm³/mol. The van der Waals surface area contributed by atoms with Crippen LogP contribution < -0.4 is 0 Å². The van der Waals surface area contributed by atoms with Crippen molar-refractivity contribution in [2.24, 2.45) is 0 Å². The van der Waals surface area contributed by atoms with Crippen LogP contribution in [0.1, 0.15) is 40.0 Å². The van der Waals surface area contributed by atoms with Gasteiger partial charge in [-0.25, -0.2) is 4.79 Å². The minimum atomic E-state index is -0.459. The van der Waals surface area contributed by atoms with Gasteiger partial charge in [-0.15, -0.1) is 0 Å². The zero-order valence-electron chi connectivity index (χ0n) is 11.4. The van der Waals surface area contributed by atoms with Gasteiger partial charge in [-0.2, -0.15) is 0 Å². The topological polar surface area (TPSA) is 35.5 Å². The second kappa shape index (κ2) is 10.5. The fourth-order valence-corrected chi connectivity index (χ4v) is 3.69. The molecule has 2 unspecified atom stereocenters. The van der Waals surface area contributed by atoms with Crippen molar-refractivity contribution in [2.75, 3.05) is 13.2 Å². The molecule has 0 aliphatic carbocycles. The highest BCUT2D eigenvalue weighted by atomic mass is 28.2. The molecule has 0 fully saturated rings. The van der Waals surface area contributed by atoms with E-state index < -0.39 is 9.52 Å². The molecular weight excluding hydrogens is 232 g/mol. The normalized spacial score (nSPS) is 14.8. The molecule has 0 saturated carbocycles. The van der Waals surface area contributed by atoms with Gasteiger partial charge in [0.15, 0.2) is 0 Å². The first-order valence-electron chi connectivity index (χ1n) is 6.54. The van der Waals surface area contributed by atoms with E-state index in [9.17, 15) is 4.79 Å². The first-order chi connectivity index (χ1) is 8.13. The van der Waals surface area contributed by atoms with Crippen LogP contribution in [0.2, 0.25) is 5.54 Å². The Balaban J connectivity index is 4.06. The summed E-state index contributed by atoms with van der Waals surface area (Å²) in [5, 5.41) is 0. The standard InChI is InChI=1S/C13H26O3Si/c1-5-8-9-13(16-12(14)6-2)17-11(4)10-15-7-3/h6,11,13H,2,5,7-10,17H2,1,3-4H3. The van der Waals surface area contributed by atoms with E-state index in [-0.39, 0.29) is 11.7 Å². The van der Waals surface area contributed by atoms with E-state index in [2.05, 4.69) is 20.4 Å². The van der Waals surface area contributed by atoms with E-state index in [1.54, 1.807) is 0 Å². The molecule has 0 aromatic carbocycles. The van der Waals surface area contributed by atoms with Crippen molar-refractivity contribution in [3.05, 3.63) is 12.7 Å². The molecule has 2 atom stereocenters. The van der Waals surface area contributed by atoms with E-state index in [1.807, 2.05) is 6.92 Å². The number of esters is 1. The summed E-state index contributed by atoms with van der Waals surface area (Å²) in [6.07, 6.45) is 4.49. The van der Waals surface area contributed by atoms with Crippen molar-refractivity contribution in [3.8, 4) is 0 Å². The maximum absolute atomic E-state index is 11.2. The van der Waals surface area contributed by atoms with Gasteiger partial charge in [0.2, 0.25) is 0 Å². The minimum absolute atomic E-state index is 0.135. The zero-order valence-corrected chi connectivity index (χ0v) is 12.8. The smallest absolute Gasteiger partial charge is 0.330 e. The van der Waals surface area contributed by atoms with Gasteiger partial charge in [0.1, 0.15) is 0 Å². The molecule has 0 aromatic heterocycles. The van der Waals surface area contributed by atoms with Gasteiger partial charge >= 0.3 is 5.97 Å². The predicted octanol–water partition coefficient (Wildman–Crippen LogP) is 2.25. The highest BCUT2D eigenvalue weighted by Crippen LogP contribution is 2.12. The molecule has 0 bridgehead atoms. The van der Waals surface area contributed by atoms with Crippen LogP contribution in [0.15, 0.2) is 12.7 Å². The van der Waals surface area contributed by atoms with Gasteiger partial charge in [-0.1, -0.05) is 33.3 Å². The quantitative estimate of drug-likeness (QED) is 0.342. The lowest BCUT2D eigenvalue weighted by Crippen LogP contribution is -2.27. The molecule has 3 nitrogen and oxygen atoms in total. The minimum Gasteiger partial charge on any atom is -0.464 e. The van der Waals surface area contributed by atoms with Crippen LogP contribution in [0.4, 0.5) is 0 Å². The molecule has 0 amide bonds. The first kappa shape index (κ1) is 16.4. The molecular formula is C13H26O3Si. The summed E-state index contributed by atoms with van der Waals surface area (Å²) in [4.78, 5) is 11.2. The fourth-order valence-electron chi connectivity index (χ4n) is 1.70. The Bertz CT molecular complexity index is 219. The van der Waals surface area contributed by atoms with Crippen LogP contribution in [0.3, 0.4) is 0 Å². The molecule has 0 aromatic rings. The number of hydrogen-bond acceptors (Lipinski definition) is 3. The summed E-state index contributed by atoms with van der Waals surface area (Å²) < 4.78 is 10.8. The Morgan fingerprint density at radius 2 is 2.18 bits per heavy atom. The van der Waals surface area contributed by atoms with E-state index in [0.29, 0.717) is 5.54 Å². The molecule has 0 aliphatic heterocycles. The van der Waals surface area contributed by atoms with Crippen molar-refractivity contribution in [3.63, 3.8) is 0 Å². The lowest BCUT2D eigenvalue weighted by Gasteiger charge is -2.20. The molecule has 0 N–H and O–H groups in total. The summed E-state index contributed by atoms with van der Waals surface area (Å²) in [5.74, 6) is -0.290. The molecule has 0 aliphatic rings. The van der Waals surface area contributed by atoms with Gasteiger partial charge < -0.3 is 9.47 Å². The molecule has 17 heavy (non-hydrogen) atoms. The average molecular weight is 258 g/mol. The molecule has 100 valence electrons. The van der Waals surface area contributed by atoms with Crippen LogP contribution in [0, 0.1) is 0 Å². The number of carbonyl (C=O) groups is 1. The maximum atomic E-state index is 11.2. The third-order valence-electron chi connectivity index (χ3n) is 2.60. The molecule has 0 heterocycles. The molecule has 0 spiro atoms. The van der Waals surface area contributed by atoms with E-state index >= 15 is 0 Å². The molecule has 0 saturated heterocycles. The summed E-state index contributed by atoms with van der Waals surface area (Å²) >= 11 is 0. The second-order valence-corrected chi connectivity index (χ2v) is 7.18. The molecule has 4 heteroatoms. The Labute approximate surface area is 107 Å². The number of ether oxygens (including phenoxy) is 2. The van der Waals surface area contributed by atoms with E-state index in [4.69, 9.17) is 9.47 Å². The monoisotopic (exact) mass is 258 g/mol. The third kappa shape index (κ3) is 9.12. The number of carbonyl (C=O) groups excluding carboxylic acids is 1. The van der Waals surface area contributed by atoms with Crippen molar-refractivity contribution < 1.29 is 14.3 Å². The highest BCUT2D eigenvalue weighted by Gasteiger charge is 2.17. The average Bonchev–Trinajstić information content (AvgIpc) is 2.33. The van der Waals surface area contributed by atoms with Crippen molar-refractivity contribution in [2.45, 2.75) is 51.3 Å². The lowest BCUT2D eigenvalue weighted by molar-refractivity contribution is -0.139. The first-order valence-corrected chi connectivity index (χ1v) is 8.18. The van der Waals surface area contributed by atoms with Crippen molar-refractivity contribution in [1.29, 1.82) is 0 Å². The highest BCUT2D eigenvalue weighted by molar-refractivity contribution is 6.39. The molecule has 0 radical (unpaired) electrons. The summed E-state index contributed by atoms with van der Waals surface area (Å²) in [5.41, 5.74) is 0.685. The Morgan fingerprint density at radius 3 is 2.71 bits per heavy atom. The number of rotatable bonds is 10. The van der Waals surface area contributed by atoms with Crippen molar-refractivity contribution >= 4 is 15.5 Å². The Morgan fingerprint density at radius 1 is 1.47 bits per heavy atom. The number of unbranched alkanes of at least 4 members (excludes halogenated alkanes) is 1. The van der Waals surface area contributed by atoms with Crippen LogP contribution in [-0.4, -0.2) is 34.4 Å². The zero-order chi connectivity index (χ0) is 13.1. The second-order valence-electron chi connectivity index (χ2n) is 4.41. The van der Waals surface area contributed by atoms with Crippen LogP contribution in [0.25, 0.3) is 0 Å². The van der Waals surface area contributed by atoms with Crippen LogP contribution in [0.5, 0.6) is 0 Å². The summed E-state index contributed by atoms with van der Waals surface area (Å²) in [6, 6.07) is 0. The Kier molecular flexibility index (Phi) is 10.2.